The molecule has 102 valence electrons. The van der Waals surface area contributed by atoms with Crippen LogP contribution in [0.3, 0.4) is 0 Å². The van der Waals surface area contributed by atoms with Crippen LogP contribution in [0.2, 0.25) is 0 Å². The summed E-state index contributed by atoms with van der Waals surface area (Å²) in [5.41, 5.74) is 0.877. The van der Waals surface area contributed by atoms with Gasteiger partial charge in [0.05, 0.1) is 0 Å². The third-order valence-corrected chi connectivity index (χ3v) is 3.11. The van der Waals surface area contributed by atoms with Crippen LogP contribution in [0.25, 0.3) is 0 Å². The SMILES string of the molecule is CCOC(CNCc1cc(F)ccc1Br)OCC. The van der Waals surface area contributed by atoms with E-state index in [1.165, 1.54) is 12.1 Å². The topological polar surface area (TPSA) is 30.5 Å². The molecule has 0 aliphatic heterocycles. The molecule has 0 saturated heterocycles. The zero-order valence-electron chi connectivity index (χ0n) is 10.7. The molecule has 0 saturated carbocycles. The number of rotatable bonds is 8. The van der Waals surface area contributed by atoms with E-state index in [1.807, 2.05) is 13.8 Å². The molecule has 5 heteroatoms. The fourth-order valence-corrected chi connectivity index (χ4v) is 1.93. The van der Waals surface area contributed by atoms with Crippen molar-refractivity contribution in [2.75, 3.05) is 19.8 Å². The lowest BCUT2D eigenvalue weighted by atomic mass is 10.2. The van der Waals surface area contributed by atoms with Crippen molar-refractivity contribution in [3.05, 3.63) is 34.1 Å². The summed E-state index contributed by atoms with van der Waals surface area (Å²) in [7, 11) is 0. The Morgan fingerprint density at radius 2 is 1.94 bits per heavy atom. The Hall–Kier alpha value is -0.490. The summed E-state index contributed by atoms with van der Waals surface area (Å²) >= 11 is 3.39. The van der Waals surface area contributed by atoms with E-state index in [-0.39, 0.29) is 12.1 Å². The highest BCUT2D eigenvalue weighted by molar-refractivity contribution is 9.10. The highest BCUT2D eigenvalue weighted by atomic mass is 79.9. The van der Waals surface area contributed by atoms with Crippen LogP contribution in [0.5, 0.6) is 0 Å². The second-order valence-corrected chi connectivity index (χ2v) is 4.56. The predicted octanol–water partition coefficient (Wildman–Crippen LogP) is 3.08. The zero-order valence-corrected chi connectivity index (χ0v) is 12.3. The quantitative estimate of drug-likeness (QED) is 0.747. The highest BCUT2D eigenvalue weighted by Crippen LogP contribution is 2.17. The molecule has 3 nitrogen and oxygen atoms in total. The Balaban J connectivity index is 2.41. The van der Waals surface area contributed by atoms with Crippen molar-refractivity contribution in [2.45, 2.75) is 26.7 Å². The smallest absolute Gasteiger partial charge is 0.169 e. The van der Waals surface area contributed by atoms with Gasteiger partial charge in [0.1, 0.15) is 5.82 Å². The minimum atomic E-state index is -0.257. The lowest BCUT2D eigenvalue weighted by molar-refractivity contribution is -0.133. The van der Waals surface area contributed by atoms with Crippen molar-refractivity contribution in [3.63, 3.8) is 0 Å². The van der Waals surface area contributed by atoms with Gasteiger partial charge in [0.2, 0.25) is 0 Å². The third kappa shape index (κ3) is 5.44. The third-order valence-electron chi connectivity index (χ3n) is 2.34. The van der Waals surface area contributed by atoms with Gasteiger partial charge in [0.15, 0.2) is 6.29 Å². The largest absolute Gasteiger partial charge is 0.352 e. The van der Waals surface area contributed by atoms with Crippen LogP contribution >= 0.6 is 15.9 Å². The van der Waals surface area contributed by atoms with Crippen molar-refractivity contribution in [2.24, 2.45) is 0 Å². The Morgan fingerprint density at radius 3 is 2.56 bits per heavy atom. The summed E-state index contributed by atoms with van der Waals surface area (Å²) in [6, 6.07) is 4.64. The van der Waals surface area contributed by atoms with Gasteiger partial charge in [-0.1, -0.05) is 15.9 Å². The van der Waals surface area contributed by atoms with Crippen molar-refractivity contribution >= 4 is 15.9 Å². The monoisotopic (exact) mass is 319 g/mol. The van der Waals surface area contributed by atoms with Crippen LogP contribution in [-0.4, -0.2) is 26.0 Å². The predicted molar refractivity (Wildman–Crippen MR) is 72.8 cm³/mol. The molecule has 0 fully saturated rings. The number of nitrogens with one attached hydrogen (secondary N) is 1. The molecule has 1 aromatic rings. The van der Waals surface area contributed by atoms with Gasteiger partial charge in [-0.15, -0.1) is 0 Å². The molecule has 0 bridgehead atoms. The fraction of sp³-hybridized carbons (Fsp3) is 0.538. The van der Waals surface area contributed by atoms with E-state index in [2.05, 4.69) is 21.2 Å². The first-order valence-corrected chi connectivity index (χ1v) is 6.84. The fourth-order valence-electron chi connectivity index (χ4n) is 1.54. The minimum absolute atomic E-state index is 0.235. The van der Waals surface area contributed by atoms with Crippen molar-refractivity contribution in [1.82, 2.24) is 5.32 Å². The molecular formula is C13H19BrFNO2. The van der Waals surface area contributed by atoms with Gasteiger partial charge in [-0.2, -0.15) is 0 Å². The van der Waals surface area contributed by atoms with Crippen LogP contribution in [-0.2, 0) is 16.0 Å². The first-order chi connectivity index (χ1) is 8.67. The second-order valence-electron chi connectivity index (χ2n) is 3.71. The van der Waals surface area contributed by atoms with E-state index in [4.69, 9.17) is 9.47 Å². The molecule has 0 aromatic heterocycles. The summed E-state index contributed by atoms with van der Waals surface area (Å²) in [5, 5.41) is 3.19. The molecule has 1 N–H and O–H groups in total. The molecule has 0 heterocycles. The van der Waals surface area contributed by atoms with Gasteiger partial charge >= 0.3 is 0 Å². The van der Waals surface area contributed by atoms with Crippen LogP contribution in [0.15, 0.2) is 22.7 Å². The number of halogens is 2. The van der Waals surface area contributed by atoms with Crippen LogP contribution < -0.4 is 5.32 Å². The van der Waals surface area contributed by atoms with Crippen molar-refractivity contribution in [3.8, 4) is 0 Å². The molecule has 0 amide bonds. The summed E-state index contributed by atoms with van der Waals surface area (Å²) in [4.78, 5) is 0. The molecule has 1 aromatic carbocycles. The summed E-state index contributed by atoms with van der Waals surface area (Å²) in [6.07, 6.45) is -0.257. The highest BCUT2D eigenvalue weighted by Gasteiger charge is 2.08. The molecule has 18 heavy (non-hydrogen) atoms. The Bertz CT molecular complexity index is 357. The molecule has 0 radical (unpaired) electrons. The molecular weight excluding hydrogens is 301 g/mol. The minimum Gasteiger partial charge on any atom is -0.352 e. The number of benzene rings is 1. The van der Waals surface area contributed by atoms with E-state index in [9.17, 15) is 4.39 Å². The Kier molecular flexibility index (Phi) is 7.42. The zero-order chi connectivity index (χ0) is 13.4. The maximum atomic E-state index is 13.1. The summed E-state index contributed by atoms with van der Waals surface area (Å²) < 4.78 is 24.8. The second kappa shape index (κ2) is 8.58. The Morgan fingerprint density at radius 1 is 1.28 bits per heavy atom. The molecule has 0 aliphatic rings. The number of hydrogen-bond acceptors (Lipinski definition) is 3. The van der Waals surface area contributed by atoms with Crippen molar-refractivity contribution < 1.29 is 13.9 Å². The number of hydrogen-bond donors (Lipinski definition) is 1. The number of ether oxygens (including phenoxy) is 2. The van der Waals surface area contributed by atoms with E-state index >= 15 is 0 Å². The van der Waals surface area contributed by atoms with E-state index < -0.39 is 0 Å². The lowest BCUT2D eigenvalue weighted by Gasteiger charge is -2.17. The van der Waals surface area contributed by atoms with Crippen molar-refractivity contribution in [1.29, 1.82) is 0 Å². The van der Waals surface area contributed by atoms with Gasteiger partial charge in [-0.3, -0.25) is 0 Å². The van der Waals surface area contributed by atoms with Gasteiger partial charge in [-0.05, 0) is 37.6 Å². The molecule has 0 atom stereocenters. The normalized spacial score (nSPS) is 11.2. The maximum Gasteiger partial charge on any atom is 0.169 e. The standard InChI is InChI=1S/C13H19BrFNO2/c1-3-17-13(18-4-2)9-16-8-10-7-11(15)5-6-12(10)14/h5-7,13,16H,3-4,8-9H2,1-2H3. The summed E-state index contributed by atoms with van der Waals surface area (Å²) in [5.74, 6) is -0.235. The average Bonchev–Trinajstić information content (AvgIpc) is 2.34. The summed E-state index contributed by atoms with van der Waals surface area (Å²) in [6.45, 7) is 6.20. The molecule has 0 aliphatic carbocycles. The van der Waals surface area contributed by atoms with E-state index in [0.29, 0.717) is 26.3 Å². The molecule has 0 spiro atoms. The first kappa shape index (κ1) is 15.6. The van der Waals surface area contributed by atoms with Gasteiger partial charge in [0.25, 0.3) is 0 Å². The van der Waals surface area contributed by atoms with E-state index in [0.717, 1.165) is 10.0 Å². The maximum absolute atomic E-state index is 13.1. The average molecular weight is 320 g/mol. The van der Waals surface area contributed by atoms with Gasteiger partial charge in [0, 0.05) is 30.8 Å². The first-order valence-electron chi connectivity index (χ1n) is 6.05. The van der Waals surface area contributed by atoms with Gasteiger partial charge < -0.3 is 14.8 Å². The van der Waals surface area contributed by atoms with Gasteiger partial charge in [-0.25, -0.2) is 4.39 Å². The molecule has 0 unspecified atom stereocenters. The Labute approximate surface area is 116 Å². The van der Waals surface area contributed by atoms with E-state index in [1.54, 1.807) is 6.07 Å². The lowest BCUT2D eigenvalue weighted by Crippen LogP contribution is -2.31. The van der Waals surface area contributed by atoms with Crippen LogP contribution in [0.4, 0.5) is 4.39 Å². The molecule has 1 rings (SSSR count). The van der Waals surface area contributed by atoms with Crippen LogP contribution in [0, 0.1) is 5.82 Å². The van der Waals surface area contributed by atoms with Crippen LogP contribution in [0.1, 0.15) is 19.4 Å².